The molecule has 0 saturated heterocycles. The summed E-state index contributed by atoms with van der Waals surface area (Å²) in [6.07, 6.45) is 13.6. The second kappa shape index (κ2) is 34.1. The Morgan fingerprint density at radius 2 is 0.404 bits per heavy atom. The first-order valence-electron chi connectivity index (χ1n) is 50.3. The van der Waals surface area contributed by atoms with Crippen molar-refractivity contribution in [3.8, 4) is 122 Å². The Labute approximate surface area is 799 Å². The minimum atomic E-state index is -0.565. The van der Waals surface area contributed by atoms with Gasteiger partial charge in [0.15, 0.2) is 0 Å². The molecule has 23 aromatic carbocycles. The van der Waals surface area contributed by atoms with Crippen LogP contribution >= 0.6 is 0 Å². The van der Waals surface area contributed by atoms with Gasteiger partial charge in [-0.1, -0.05) is 433 Å². The Bertz CT molecular complexity index is 8800. The van der Waals surface area contributed by atoms with Crippen LogP contribution < -0.4 is 0 Å². The van der Waals surface area contributed by atoms with Gasteiger partial charge in [0, 0.05) is 2.74 Å². The van der Waals surface area contributed by atoms with Crippen LogP contribution in [0.3, 0.4) is 0 Å². The summed E-state index contributed by atoms with van der Waals surface area (Å²) in [7, 11) is 0. The van der Waals surface area contributed by atoms with Crippen molar-refractivity contribution in [3.05, 3.63) is 481 Å². The van der Waals surface area contributed by atoms with E-state index in [-0.39, 0.29) is 0 Å². The van der Waals surface area contributed by atoms with Gasteiger partial charge in [0.05, 0.1) is 0 Å². The zero-order chi connectivity index (χ0) is 91.7. The third-order valence-corrected chi connectivity index (χ3v) is 30.9. The molecule has 0 radical (unpaired) electrons. The summed E-state index contributed by atoms with van der Waals surface area (Å²) < 4.78 is 19.2. The number of hydrogen-bond acceptors (Lipinski definition) is 0. The maximum Gasteiger partial charge on any atom is 0.0352 e. The van der Waals surface area contributed by atoms with Gasteiger partial charge in [-0.05, 0) is 369 Å². The lowest BCUT2D eigenvalue weighted by Crippen LogP contribution is -2.07. The quantitative estimate of drug-likeness (QED) is 0.120. The average molecular weight is 1740 g/mol. The maximum absolute atomic E-state index is 9.79. The number of aryl methyl sites for hydroxylation is 1. The zero-order valence-electron chi connectivity index (χ0n) is 78.7. The van der Waals surface area contributed by atoms with Crippen molar-refractivity contribution < 1.29 is 2.74 Å². The number of benzene rings is 23. The van der Waals surface area contributed by atoms with E-state index in [1.54, 1.807) is 0 Å². The molecule has 2 fully saturated rings. The van der Waals surface area contributed by atoms with Crippen molar-refractivity contribution in [1.82, 2.24) is 0 Å². The van der Waals surface area contributed by atoms with Crippen LogP contribution in [0.1, 0.15) is 129 Å². The molecular weight excluding hydrogens is 1630 g/mol. The Balaban J connectivity index is 0.000000107. The highest BCUT2D eigenvalue weighted by molar-refractivity contribution is 6.28. The minimum Gasteiger partial charge on any atom is -0.0622 e. The van der Waals surface area contributed by atoms with Gasteiger partial charge in [0.1, 0.15) is 0 Å². The fourth-order valence-electron chi connectivity index (χ4n) is 24.5. The summed E-state index contributed by atoms with van der Waals surface area (Å²) in [6, 6.07) is 160. The van der Waals surface area contributed by atoms with Crippen LogP contribution in [-0.2, 0) is 19.3 Å². The topological polar surface area (TPSA) is 0 Å². The van der Waals surface area contributed by atoms with Crippen molar-refractivity contribution in [3.63, 3.8) is 0 Å². The molecule has 0 heteroatoms. The zero-order valence-corrected chi connectivity index (χ0v) is 76.7. The highest BCUT2D eigenvalue weighted by atomic mass is 14.4. The van der Waals surface area contributed by atoms with E-state index in [0.29, 0.717) is 0 Å². The van der Waals surface area contributed by atoms with Crippen LogP contribution in [0.25, 0.3) is 219 Å². The molecule has 0 aliphatic heterocycles. The molecule has 0 amide bonds. The van der Waals surface area contributed by atoms with Crippen LogP contribution in [0.15, 0.2) is 431 Å². The molecule has 0 spiro atoms. The van der Waals surface area contributed by atoms with Crippen molar-refractivity contribution in [2.24, 2.45) is 0 Å². The molecule has 136 heavy (non-hydrogen) atoms. The van der Waals surface area contributed by atoms with Crippen molar-refractivity contribution in [2.75, 3.05) is 0 Å². The van der Waals surface area contributed by atoms with Crippen LogP contribution in [0.4, 0.5) is 0 Å². The van der Waals surface area contributed by atoms with E-state index in [2.05, 4.69) is 438 Å². The molecule has 0 N–H and O–H groups in total. The van der Waals surface area contributed by atoms with Gasteiger partial charge in [-0.3, -0.25) is 0 Å². The van der Waals surface area contributed by atoms with Gasteiger partial charge in [0.2, 0.25) is 0 Å². The smallest absolute Gasteiger partial charge is 0.0352 e. The third-order valence-electron chi connectivity index (χ3n) is 30.9. The molecule has 0 atom stereocenters. The molecule has 0 nitrogen and oxygen atoms in total. The number of fused-ring (bicyclic) bond motifs is 27. The summed E-state index contributed by atoms with van der Waals surface area (Å²) in [6.45, 7) is 2.22. The second-order valence-corrected chi connectivity index (χ2v) is 38.6. The van der Waals surface area contributed by atoms with E-state index in [9.17, 15) is 2.74 Å². The van der Waals surface area contributed by atoms with Crippen LogP contribution in [0, 0.1) is 6.92 Å². The third kappa shape index (κ3) is 14.2. The molecule has 0 aromatic heterocycles. The van der Waals surface area contributed by atoms with Gasteiger partial charge in [-0.25, -0.2) is 0 Å². The SMILES string of the molecule is Cc1cc(-c2ccc3c4ccccc4c4ccccc4c3c2)cc(-c2cccc3c2Cc2c(-c4ccccc4)cccc2-3)c1.[2H]C1(c2cc(-c3ccc4c5ccccc5c5ccccc5c4c3)cc(-c3cccc4c3Cc3c(-c5ccccc5)cccc3-4)c2)CCCCC1.[2H]C1(c2cccc3c2Cc2c(-c4cccc(-c5ccc6c7ccccc7c7ccccc7c6c5)c4)cccc2-3)CCCCC1. The second-order valence-electron chi connectivity index (χ2n) is 38.6. The molecule has 0 bridgehead atoms. The predicted molar refractivity (Wildman–Crippen MR) is 581 cm³/mol. The van der Waals surface area contributed by atoms with E-state index in [0.717, 1.165) is 63.4 Å². The Morgan fingerprint density at radius 3 is 0.794 bits per heavy atom. The van der Waals surface area contributed by atoms with E-state index in [1.165, 1.54) is 290 Å². The fraction of sp³-hybridized carbons (Fsp3) is 0.118. The minimum absolute atomic E-state index is 0.447. The lowest BCUT2D eigenvalue weighted by atomic mass is 9.81. The molecule has 23 aromatic rings. The molecule has 5 aliphatic carbocycles. The predicted octanol–water partition coefficient (Wildman–Crippen LogP) is 37.9. The Morgan fingerprint density at radius 1 is 0.162 bits per heavy atom. The summed E-state index contributed by atoms with van der Waals surface area (Å²) >= 11 is 0. The highest BCUT2D eigenvalue weighted by Gasteiger charge is 2.31. The molecule has 28 rings (SSSR count). The Hall–Kier alpha value is -15.6. The van der Waals surface area contributed by atoms with E-state index >= 15 is 0 Å². The van der Waals surface area contributed by atoms with Crippen LogP contribution in [-0.4, -0.2) is 0 Å². The number of hydrogen-bond donors (Lipinski definition) is 0. The number of rotatable bonds is 10. The molecule has 0 heterocycles. The van der Waals surface area contributed by atoms with Gasteiger partial charge < -0.3 is 0 Å². The lowest BCUT2D eigenvalue weighted by molar-refractivity contribution is 0.442. The van der Waals surface area contributed by atoms with Crippen molar-refractivity contribution >= 4 is 97.0 Å². The summed E-state index contributed by atoms with van der Waals surface area (Å²) in [4.78, 5) is 0. The summed E-state index contributed by atoms with van der Waals surface area (Å²) in [5.74, 6) is -1.01. The first-order valence-corrected chi connectivity index (χ1v) is 49.3. The van der Waals surface area contributed by atoms with Crippen LogP contribution in [0.5, 0.6) is 0 Å². The van der Waals surface area contributed by atoms with Gasteiger partial charge in [0.25, 0.3) is 0 Å². The van der Waals surface area contributed by atoms with E-state index < -0.39 is 11.8 Å². The summed E-state index contributed by atoms with van der Waals surface area (Å²) in [5, 5.41) is 23.5. The van der Waals surface area contributed by atoms with Gasteiger partial charge >= 0.3 is 0 Å². The highest BCUT2D eigenvalue weighted by Crippen LogP contribution is 2.53. The van der Waals surface area contributed by atoms with E-state index in [4.69, 9.17) is 0 Å². The molecule has 5 aliphatic rings. The standard InChI is InChI=1S/C49H38.C44H30.C43H34/c1-3-13-32(14-4-1)35-27-36(34-25-26-46-42-19-8-7-17-40(42)41-18-9-10-20-43(41)47(46)30-34)29-37(28-35)39-22-12-24-45-44-23-11-21-38(48(44)31-49(39)45)33-15-5-2-6-16-33;1-28-23-31(30-21-22-41-37-15-6-5-13-35(37)36-14-7-8-16-38(36)42(41)26-30)25-32(24-28)34-18-10-20-40-39-19-9-17-33(43(39)27-44(34)40)29-11-3-2-4-12-29;1-2-11-28(12-3-1)32-19-9-21-38-39-22-10-20-33(43(39)27-42(32)38)31-14-8-13-29(25-31)30-23-24-40-36-17-5-4-15-34(36)35-16-6-7-18-37(35)41(40)26-30/h2,5-12,15-30,32H,1,3-4,13-14,31H2;2-26H,27H2,1H3;4-10,13-26,28H,1-3,11-12,27H2/i32D;;28D. The van der Waals surface area contributed by atoms with E-state index in [1.807, 2.05) is 0 Å². The first kappa shape index (κ1) is 79.0. The molecule has 0 unspecified atom stereocenters. The normalized spacial score (nSPS) is 14.4. The van der Waals surface area contributed by atoms with Gasteiger partial charge in [-0.15, -0.1) is 0 Å². The maximum atomic E-state index is 9.79. The Kier molecular flexibility index (Phi) is 19.8. The molecule has 646 valence electrons. The molecular formula is C136H102. The van der Waals surface area contributed by atoms with Crippen LogP contribution in [0.2, 0.25) is 0 Å². The summed E-state index contributed by atoms with van der Waals surface area (Å²) in [5.41, 5.74) is 40.6. The average Bonchev–Trinajstić information content (AvgIpc) is 1.75. The lowest BCUT2D eigenvalue weighted by Gasteiger charge is -2.24. The molecule has 2 saturated carbocycles. The fourth-order valence-corrected chi connectivity index (χ4v) is 24.5. The largest absolute Gasteiger partial charge is 0.0622 e. The van der Waals surface area contributed by atoms with Crippen molar-refractivity contribution in [1.29, 1.82) is 0 Å². The van der Waals surface area contributed by atoms with Crippen molar-refractivity contribution in [2.45, 2.75) is 102 Å². The van der Waals surface area contributed by atoms with Gasteiger partial charge in [-0.2, -0.15) is 0 Å². The monoisotopic (exact) mass is 1740 g/mol. The first-order chi connectivity index (χ1) is 68.0.